The second kappa shape index (κ2) is 12.0. The first-order valence-electron chi connectivity index (χ1n) is 10.8. The highest BCUT2D eigenvalue weighted by Gasteiger charge is 2.25. The summed E-state index contributed by atoms with van der Waals surface area (Å²) in [5, 5.41) is 17.4. The normalized spacial score (nSPS) is 17.6. The SMILES string of the molecule is CCNC(=NCC(C)(O)CN1CCOCC1)NCCN(CC)c1ccccc1C. The zero-order valence-corrected chi connectivity index (χ0v) is 18.6. The fourth-order valence-electron chi connectivity index (χ4n) is 3.56. The van der Waals surface area contributed by atoms with Crippen molar-refractivity contribution in [3.63, 3.8) is 0 Å². The van der Waals surface area contributed by atoms with Crippen molar-refractivity contribution in [1.82, 2.24) is 15.5 Å². The topological polar surface area (TPSA) is 72.4 Å². The average molecular weight is 406 g/mol. The summed E-state index contributed by atoms with van der Waals surface area (Å²) in [4.78, 5) is 9.23. The van der Waals surface area contributed by atoms with Crippen LogP contribution in [-0.2, 0) is 4.74 Å². The van der Waals surface area contributed by atoms with Gasteiger partial charge in [0.05, 0.1) is 25.4 Å². The lowest BCUT2D eigenvalue weighted by Crippen LogP contribution is -2.48. The van der Waals surface area contributed by atoms with Crippen LogP contribution in [0.4, 0.5) is 5.69 Å². The van der Waals surface area contributed by atoms with Gasteiger partial charge < -0.3 is 25.4 Å². The summed E-state index contributed by atoms with van der Waals surface area (Å²) in [5.74, 6) is 0.746. The highest BCUT2D eigenvalue weighted by atomic mass is 16.5. The molecule has 1 unspecified atom stereocenters. The first kappa shape index (κ1) is 23.4. The Balaban J connectivity index is 1.86. The minimum Gasteiger partial charge on any atom is -0.387 e. The Bertz CT molecular complexity index is 629. The van der Waals surface area contributed by atoms with Crippen molar-refractivity contribution in [3.8, 4) is 0 Å². The van der Waals surface area contributed by atoms with Gasteiger partial charge in [0.15, 0.2) is 5.96 Å². The Hall–Kier alpha value is -1.83. The van der Waals surface area contributed by atoms with E-state index in [4.69, 9.17) is 4.74 Å². The van der Waals surface area contributed by atoms with Gasteiger partial charge in [0.2, 0.25) is 0 Å². The van der Waals surface area contributed by atoms with Crippen molar-refractivity contribution in [2.75, 3.05) is 70.5 Å². The average Bonchev–Trinajstić information content (AvgIpc) is 2.70. The molecule has 1 aromatic carbocycles. The van der Waals surface area contributed by atoms with E-state index in [-0.39, 0.29) is 0 Å². The number of likely N-dealkylation sites (N-methyl/N-ethyl adjacent to an activating group) is 1. The number of hydrogen-bond donors (Lipinski definition) is 3. The van der Waals surface area contributed by atoms with Crippen LogP contribution >= 0.6 is 0 Å². The lowest BCUT2D eigenvalue weighted by atomic mass is 10.1. The quantitative estimate of drug-likeness (QED) is 0.404. The van der Waals surface area contributed by atoms with Crippen molar-refractivity contribution in [2.24, 2.45) is 4.99 Å². The molecule has 164 valence electrons. The summed E-state index contributed by atoms with van der Waals surface area (Å²) in [5.41, 5.74) is 1.69. The van der Waals surface area contributed by atoms with Crippen molar-refractivity contribution >= 4 is 11.6 Å². The summed E-state index contributed by atoms with van der Waals surface area (Å²) in [6.07, 6.45) is 0. The minimum absolute atomic E-state index is 0.356. The number of aryl methyl sites for hydroxylation is 1. The van der Waals surface area contributed by atoms with Crippen LogP contribution in [0.15, 0.2) is 29.3 Å². The van der Waals surface area contributed by atoms with Gasteiger partial charge in [0.1, 0.15) is 0 Å². The van der Waals surface area contributed by atoms with Crippen molar-refractivity contribution in [1.29, 1.82) is 0 Å². The molecule has 1 aromatic rings. The van der Waals surface area contributed by atoms with Crippen LogP contribution < -0.4 is 15.5 Å². The Morgan fingerprint density at radius 2 is 1.97 bits per heavy atom. The third-order valence-corrected chi connectivity index (χ3v) is 5.10. The largest absolute Gasteiger partial charge is 0.387 e. The molecule has 29 heavy (non-hydrogen) atoms. The highest BCUT2D eigenvalue weighted by Crippen LogP contribution is 2.18. The Labute approximate surface area is 176 Å². The van der Waals surface area contributed by atoms with Crippen LogP contribution in [0.2, 0.25) is 0 Å². The number of hydrogen-bond acceptors (Lipinski definition) is 5. The summed E-state index contributed by atoms with van der Waals surface area (Å²) < 4.78 is 5.38. The smallest absolute Gasteiger partial charge is 0.191 e. The summed E-state index contributed by atoms with van der Waals surface area (Å²) >= 11 is 0. The summed E-state index contributed by atoms with van der Waals surface area (Å²) in [6.45, 7) is 15.8. The second-order valence-electron chi connectivity index (χ2n) is 7.87. The number of para-hydroxylation sites is 1. The van der Waals surface area contributed by atoms with Crippen LogP contribution in [0, 0.1) is 6.92 Å². The molecule has 7 heteroatoms. The Morgan fingerprint density at radius 1 is 1.24 bits per heavy atom. The number of nitrogens with one attached hydrogen (secondary N) is 2. The molecule has 1 fully saturated rings. The summed E-state index contributed by atoms with van der Waals surface area (Å²) in [7, 11) is 0. The Morgan fingerprint density at radius 3 is 2.62 bits per heavy atom. The zero-order valence-electron chi connectivity index (χ0n) is 18.6. The number of benzene rings is 1. The number of aliphatic imine (C=N–C) groups is 1. The molecule has 0 spiro atoms. The zero-order chi connectivity index (χ0) is 21.1. The maximum atomic E-state index is 10.8. The molecule has 0 aliphatic carbocycles. The third-order valence-electron chi connectivity index (χ3n) is 5.10. The van der Waals surface area contributed by atoms with Gasteiger partial charge >= 0.3 is 0 Å². The van der Waals surface area contributed by atoms with E-state index in [1.807, 2.05) is 6.92 Å². The number of aliphatic hydroxyl groups is 1. The molecular weight excluding hydrogens is 366 g/mol. The number of nitrogens with zero attached hydrogens (tertiary/aromatic N) is 3. The number of rotatable bonds is 10. The molecule has 0 amide bonds. The summed E-state index contributed by atoms with van der Waals surface area (Å²) in [6, 6.07) is 8.47. The molecule has 0 aromatic heterocycles. The predicted octanol–water partition coefficient (Wildman–Crippen LogP) is 1.46. The third kappa shape index (κ3) is 8.20. The van der Waals surface area contributed by atoms with Gasteiger partial charge in [-0.15, -0.1) is 0 Å². The van der Waals surface area contributed by atoms with E-state index in [0.717, 1.165) is 58.4 Å². The first-order chi connectivity index (χ1) is 13.9. The van der Waals surface area contributed by atoms with E-state index in [9.17, 15) is 5.11 Å². The monoisotopic (exact) mass is 405 g/mol. The molecule has 1 atom stereocenters. The lowest BCUT2D eigenvalue weighted by molar-refractivity contribution is -0.0179. The molecule has 7 nitrogen and oxygen atoms in total. The minimum atomic E-state index is -0.865. The van der Waals surface area contributed by atoms with Gasteiger partial charge in [-0.1, -0.05) is 18.2 Å². The molecule has 0 radical (unpaired) electrons. The number of ether oxygens (including phenoxy) is 1. The van der Waals surface area contributed by atoms with Gasteiger partial charge in [-0.05, 0) is 39.3 Å². The van der Waals surface area contributed by atoms with Crippen LogP contribution in [0.25, 0.3) is 0 Å². The van der Waals surface area contributed by atoms with E-state index in [1.165, 1.54) is 11.3 Å². The standard InChI is InChI=1S/C22H39N5O2/c1-5-23-21(25-17-22(4,28)18-26-13-15-29-16-14-26)24-11-12-27(6-2)20-10-8-7-9-19(20)3/h7-10,28H,5-6,11-18H2,1-4H3,(H2,23,24,25). The van der Waals surface area contributed by atoms with Crippen molar-refractivity contribution in [3.05, 3.63) is 29.8 Å². The van der Waals surface area contributed by atoms with Crippen LogP contribution in [0.1, 0.15) is 26.3 Å². The molecule has 1 aliphatic rings. The number of anilines is 1. The van der Waals surface area contributed by atoms with Crippen molar-refractivity contribution in [2.45, 2.75) is 33.3 Å². The van der Waals surface area contributed by atoms with Gasteiger partial charge in [-0.2, -0.15) is 0 Å². The van der Waals surface area contributed by atoms with Gasteiger partial charge in [-0.25, -0.2) is 0 Å². The molecule has 0 saturated carbocycles. The molecule has 1 aliphatic heterocycles. The number of morpholine rings is 1. The van der Waals surface area contributed by atoms with Gasteiger partial charge in [0.25, 0.3) is 0 Å². The van der Waals surface area contributed by atoms with E-state index in [1.54, 1.807) is 0 Å². The molecule has 1 heterocycles. The fraction of sp³-hybridized carbons (Fsp3) is 0.682. The molecule has 1 saturated heterocycles. The molecule has 3 N–H and O–H groups in total. The lowest BCUT2D eigenvalue weighted by Gasteiger charge is -2.33. The Kier molecular flexibility index (Phi) is 9.70. The maximum absolute atomic E-state index is 10.8. The second-order valence-corrected chi connectivity index (χ2v) is 7.87. The maximum Gasteiger partial charge on any atom is 0.191 e. The molecular formula is C22H39N5O2. The van der Waals surface area contributed by atoms with Crippen LogP contribution in [-0.4, -0.2) is 87.1 Å². The van der Waals surface area contributed by atoms with Crippen LogP contribution in [0.5, 0.6) is 0 Å². The van der Waals surface area contributed by atoms with Crippen LogP contribution in [0.3, 0.4) is 0 Å². The number of β-amino-alcohol motifs (C(OH)–C–C–N with tert-alkyl or cyclic N) is 1. The predicted molar refractivity (Wildman–Crippen MR) is 121 cm³/mol. The van der Waals surface area contributed by atoms with Gasteiger partial charge in [0, 0.05) is 51.5 Å². The van der Waals surface area contributed by atoms with E-state index < -0.39 is 5.60 Å². The van der Waals surface area contributed by atoms with E-state index in [2.05, 4.69) is 70.5 Å². The molecule has 2 rings (SSSR count). The fourth-order valence-corrected chi connectivity index (χ4v) is 3.56. The highest BCUT2D eigenvalue weighted by molar-refractivity contribution is 5.79. The first-order valence-corrected chi connectivity index (χ1v) is 10.8. The number of guanidine groups is 1. The van der Waals surface area contributed by atoms with Crippen molar-refractivity contribution < 1.29 is 9.84 Å². The molecule has 0 bridgehead atoms. The van der Waals surface area contributed by atoms with Gasteiger partial charge in [-0.3, -0.25) is 9.89 Å². The van der Waals surface area contributed by atoms with E-state index >= 15 is 0 Å². The van der Waals surface area contributed by atoms with E-state index in [0.29, 0.717) is 13.1 Å².